The summed E-state index contributed by atoms with van der Waals surface area (Å²) in [6.45, 7) is 7.18. The van der Waals surface area contributed by atoms with Crippen molar-refractivity contribution in [3.8, 4) is 6.07 Å². The van der Waals surface area contributed by atoms with E-state index in [0.29, 0.717) is 5.82 Å². The Morgan fingerprint density at radius 1 is 1.22 bits per heavy atom. The van der Waals surface area contributed by atoms with Crippen LogP contribution in [0.5, 0.6) is 0 Å². The van der Waals surface area contributed by atoms with Gasteiger partial charge in [-0.3, -0.25) is 14.6 Å². The summed E-state index contributed by atoms with van der Waals surface area (Å²) in [4.78, 5) is 19.9. The lowest BCUT2D eigenvalue weighted by Gasteiger charge is -2.29. The Hall–Kier alpha value is -3.34. The Bertz CT molecular complexity index is 961. The Kier molecular flexibility index (Phi) is 4.19. The minimum atomic E-state index is -4.72. The number of hydrogen-bond acceptors (Lipinski definition) is 4. The van der Waals surface area contributed by atoms with E-state index in [1.54, 1.807) is 43.1 Å². The van der Waals surface area contributed by atoms with E-state index in [-0.39, 0.29) is 11.5 Å². The monoisotopic (exact) mass is 372 g/mol. The Morgan fingerprint density at radius 3 is 2.48 bits per heavy atom. The van der Waals surface area contributed by atoms with Crippen LogP contribution in [0.1, 0.15) is 25.0 Å². The number of alkyl halides is 3. The number of nitrogens with zero attached hydrogens (tertiary/aromatic N) is 4. The van der Waals surface area contributed by atoms with E-state index in [1.165, 1.54) is 12.1 Å². The number of nitriles is 1. The predicted octanol–water partition coefficient (Wildman–Crippen LogP) is 4.08. The van der Waals surface area contributed by atoms with Crippen molar-refractivity contribution < 1.29 is 18.0 Å². The summed E-state index contributed by atoms with van der Waals surface area (Å²) >= 11 is 0. The van der Waals surface area contributed by atoms with Crippen LogP contribution in [0.15, 0.2) is 55.0 Å². The average molecular weight is 372 g/mol. The molecule has 1 aliphatic heterocycles. The maximum atomic E-state index is 13.3. The molecule has 0 radical (unpaired) electrons. The van der Waals surface area contributed by atoms with Crippen molar-refractivity contribution >= 4 is 17.4 Å². The zero-order valence-electron chi connectivity index (χ0n) is 14.6. The van der Waals surface area contributed by atoms with Gasteiger partial charge in [0.15, 0.2) is 0 Å². The lowest BCUT2D eigenvalue weighted by molar-refractivity contribution is -0.137. The van der Waals surface area contributed by atoms with Crippen molar-refractivity contribution in [1.82, 2.24) is 4.98 Å². The van der Waals surface area contributed by atoms with Crippen molar-refractivity contribution in [1.29, 1.82) is 5.26 Å². The summed E-state index contributed by atoms with van der Waals surface area (Å²) in [7, 11) is 0. The first-order valence-electron chi connectivity index (χ1n) is 7.95. The van der Waals surface area contributed by atoms with Crippen LogP contribution in [0.2, 0.25) is 0 Å². The Labute approximate surface area is 154 Å². The van der Waals surface area contributed by atoms with Gasteiger partial charge < -0.3 is 0 Å². The highest BCUT2D eigenvalue weighted by Crippen LogP contribution is 2.41. The first-order chi connectivity index (χ1) is 12.6. The third-order valence-electron chi connectivity index (χ3n) is 4.37. The fourth-order valence-electron chi connectivity index (χ4n) is 3.08. The fourth-order valence-corrected chi connectivity index (χ4v) is 3.08. The van der Waals surface area contributed by atoms with Gasteiger partial charge >= 0.3 is 6.18 Å². The van der Waals surface area contributed by atoms with E-state index < -0.39 is 28.7 Å². The van der Waals surface area contributed by atoms with E-state index in [4.69, 9.17) is 5.26 Å². The zero-order valence-corrected chi connectivity index (χ0v) is 14.6. The fraction of sp³-hybridized carbons (Fsp3) is 0.211. The number of rotatable bonds is 2. The molecule has 1 aromatic heterocycles. The molecule has 3 rings (SSSR count). The normalized spacial score (nSPS) is 16.6. The molecule has 27 heavy (non-hydrogen) atoms. The van der Waals surface area contributed by atoms with Gasteiger partial charge in [0.25, 0.3) is 5.91 Å². The summed E-state index contributed by atoms with van der Waals surface area (Å²) < 4.78 is 39.9. The highest BCUT2D eigenvalue weighted by Gasteiger charge is 2.50. The molecular formula is C19H15F3N4O. The van der Waals surface area contributed by atoms with Crippen LogP contribution < -0.4 is 9.80 Å². The molecule has 1 saturated heterocycles. The number of aromatic nitrogens is 1. The van der Waals surface area contributed by atoms with E-state index in [1.807, 2.05) is 0 Å². The molecule has 8 heteroatoms. The average Bonchev–Trinajstić information content (AvgIpc) is 2.79. The second-order valence-electron chi connectivity index (χ2n) is 6.48. The number of halogens is 3. The third-order valence-corrected chi connectivity index (χ3v) is 4.37. The lowest BCUT2D eigenvalue weighted by Crippen LogP contribution is -2.43. The predicted molar refractivity (Wildman–Crippen MR) is 93.6 cm³/mol. The maximum absolute atomic E-state index is 13.3. The number of anilines is 2. The van der Waals surface area contributed by atoms with Crippen molar-refractivity contribution in [2.75, 3.05) is 9.80 Å². The summed E-state index contributed by atoms with van der Waals surface area (Å²) in [5.41, 5.74) is -2.72. The van der Waals surface area contributed by atoms with Gasteiger partial charge in [0, 0.05) is 6.20 Å². The van der Waals surface area contributed by atoms with Gasteiger partial charge in [-0.1, -0.05) is 12.6 Å². The van der Waals surface area contributed by atoms with Gasteiger partial charge in [-0.25, -0.2) is 4.98 Å². The van der Waals surface area contributed by atoms with Crippen molar-refractivity contribution in [2.24, 2.45) is 0 Å². The summed E-state index contributed by atoms with van der Waals surface area (Å²) in [6.07, 6.45) is -3.17. The van der Waals surface area contributed by atoms with Crippen LogP contribution >= 0.6 is 0 Å². The maximum Gasteiger partial charge on any atom is 0.417 e. The smallest absolute Gasteiger partial charge is 0.298 e. The zero-order chi connectivity index (χ0) is 20.0. The highest BCUT2D eigenvalue weighted by molar-refractivity contribution is 6.09. The van der Waals surface area contributed by atoms with Crippen LogP contribution in [0, 0.1) is 11.3 Å². The SMILES string of the molecule is C=C1N(c2ccc(C#N)c(C(F)(F)F)c2)C(=O)C(C)(C)N1c1ccccn1. The number of amides is 1. The molecule has 1 aromatic carbocycles. The summed E-state index contributed by atoms with van der Waals surface area (Å²) in [5, 5.41) is 8.95. The second kappa shape index (κ2) is 6.13. The van der Waals surface area contributed by atoms with Gasteiger partial charge in [0.2, 0.25) is 0 Å². The van der Waals surface area contributed by atoms with Crippen LogP contribution in [0.25, 0.3) is 0 Å². The summed E-state index contributed by atoms with van der Waals surface area (Å²) in [5.74, 6) is 0.186. The first-order valence-corrected chi connectivity index (χ1v) is 7.95. The molecule has 1 amide bonds. The number of pyridine rings is 1. The summed E-state index contributed by atoms with van der Waals surface area (Å²) in [6, 6.07) is 9.81. The van der Waals surface area contributed by atoms with Gasteiger partial charge in [-0.05, 0) is 44.2 Å². The number of carbonyl (C=O) groups excluding carboxylic acids is 1. The van der Waals surface area contributed by atoms with E-state index in [9.17, 15) is 18.0 Å². The molecule has 138 valence electrons. The standard InChI is InChI=1S/C19H15F3N4O/c1-12-25(14-8-7-13(11-23)15(10-14)19(20,21)22)17(27)18(2,3)26(12)16-6-4-5-9-24-16/h4-10H,1H2,2-3H3. The van der Waals surface area contributed by atoms with Crippen LogP contribution in [-0.4, -0.2) is 16.4 Å². The largest absolute Gasteiger partial charge is 0.417 e. The van der Waals surface area contributed by atoms with Crippen molar-refractivity contribution in [2.45, 2.75) is 25.6 Å². The minimum absolute atomic E-state index is 0.0113. The Morgan fingerprint density at radius 2 is 1.93 bits per heavy atom. The van der Waals surface area contributed by atoms with E-state index in [0.717, 1.165) is 17.0 Å². The molecular weight excluding hydrogens is 357 g/mol. The van der Waals surface area contributed by atoms with Gasteiger partial charge in [0.1, 0.15) is 17.2 Å². The molecule has 0 atom stereocenters. The molecule has 1 aliphatic rings. The minimum Gasteiger partial charge on any atom is -0.298 e. The van der Waals surface area contributed by atoms with Crippen LogP contribution in [0.4, 0.5) is 24.7 Å². The number of hydrogen-bond donors (Lipinski definition) is 0. The van der Waals surface area contributed by atoms with E-state index >= 15 is 0 Å². The first kappa shape index (κ1) is 18.5. The van der Waals surface area contributed by atoms with Crippen LogP contribution in [-0.2, 0) is 11.0 Å². The van der Waals surface area contributed by atoms with Gasteiger partial charge in [0.05, 0.1) is 22.9 Å². The van der Waals surface area contributed by atoms with E-state index in [2.05, 4.69) is 11.6 Å². The van der Waals surface area contributed by atoms with Crippen molar-refractivity contribution in [3.05, 3.63) is 66.1 Å². The number of benzene rings is 1. The molecule has 0 aliphatic carbocycles. The van der Waals surface area contributed by atoms with Gasteiger partial charge in [-0.15, -0.1) is 0 Å². The molecule has 0 bridgehead atoms. The molecule has 5 nitrogen and oxygen atoms in total. The molecule has 1 fully saturated rings. The molecule has 0 spiro atoms. The molecule has 0 unspecified atom stereocenters. The Balaban J connectivity index is 2.12. The van der Waals surface area contributed by atoms with Crippen molar-refractivity contribution in [3.63, 3.8) is 0 Å². The third kappa shape index (κ3) is 2.91. The topological polar surface area (TPSA) is 60.2 Å². The second-order valence-corrected chi connectivity index (χ2v) is 6.48. The number of carbonyl (C=O) groups is 1. The van der Waals surface area contributed by atoms with Gasteiger partial charge in [-0.2, -0.15) is 18.4 Å². The van der Waals surface area contributed by atoms with Crippen LogP contribution in [0.3, 0.4) is 0 Å². The quantitative estimate of drug-likeness (QED) is 0.797. The molecule has 0 N–H and O–H groups in total. The molecule has 2 aromatic rings. The molecule has 2 heterocycles. The lowest BCUT2D eigenvalue weighted by atomic mass is 10.0. The highest BCUT2D eigenvalue weighted by atomic mass is 19.4. The molecule has 0 saturated carbocycles.